The lowest BCUT2D eigenvalue weighted by Crippen LogP contribution is -2.08. The average molecular weight is 657 g/mol. The molecule has 0 spiro atoms. The molecule has 1 aliphatic carbocycles. The van der Waals surface area contributed by atoms with Gasteiger partial charge in [-0.3, -0.25) is 0 Å². The van der Waals surface area contributed by atoms with Crippen molar-refractivity contribution < 1.29 is 8.83 Å². The van der Waals surface area contributed by atoms with E-state index in [0.717, 1.165) is 84.0 Å². The lowest BCUT2D eigenvalue weighted by Gasteiger charge is -2.14. The van der Waals surface area contributed by atoms with Crippen molar-refractivity contribution in [1.82, 2.24) is 19.5 Å². The highest BCUT2D eigenvalue weighted by Crippen LogP contribution is 2.42. The van der Waals surface area contributed by atoms with Gasteiger partial charge in [0, 0.05) is 43.8 Å². The van der Waals surface area contributed by atoms with Gasteiger partial charge in [0.15, 0.2) is 17.2 Å². The van der Waals surface area contributed by atoms with Crippen molar-refractivity contribution in [2.75, 3.05) is 0 Å². The van der Waals surface area contributed by atoms with E-state index in [9.17, 15) is 0 Å². The number of nitrogens with zero attached hydrogens (tertiary/aromatic N) is 4. The third-order valence-electron chi connectivity index (χ3n) is 10.2. The van der Waals surface area contributed by atoms with Crippen LogP contribution in [0.3, 0.4) is 0 Å². The molecule has 1 aliphatic rings. The minimum atomic E-state index is 0.0209. The molecule has 0 amide bonds. The summed E-state index contributed by atoms with van der Waals surface area (Å²) >= 11 is 0. The van der Waals surface area contributed by atoms with Gasteiger partial charge in [-0.05, 0) is 42.8 Å². The normalized spacial score (nSPS) is 14.6. The van der Waals surface area contributed by atoms with Gasteiger partial charge in [0.1, 0.15) is 22.6 Å². The molecule has 6 nitrogen and oxygen atoms in total. The van der Waals surface area contributed by atoms with Crippen LogP contribution in [0, 0.1) is 0 Å². The maximum absolute atomic E-state index is 6.79. The Balaban J connectivity index is 1.17. The highest BCUT2D eigenvalue weighted by Gasteiger charge is 2.23. The van der Waals surface area contributed by atoms with Gasteiger partial charge in [0.05, 0.1) is 22.3 Å². The first-order valence-corrected chi connectivity index (χ1v) is 17.2. The molecule has 6 heteroatoms. The number of aromatic nitrogens is 4. The maximum atomic E-state index is 6.79. The van der Waals surface area contributed by atoms with Crippen LogP contribution in [0.1, 0.15) is 18.2 Å². The summed E-state index contributed by atoms with van der Waals surface area (Å²) in [5, 5.41) is 6.49. The van der Waals surface area contributed by atoms with Crippen molar-refractivity contribution in [2.24, 2.45) is 0 Å². The standard InChI is InChI=1S/C45H28N4O2/c1-2-13-27(14-3-1)43-46-44(48-45(47-43)34-21-10-18-31-30-17-6-9-25-38(30)50-41(31)34)33-20-12-26-39-40(33)32-19-11-24-37(42(32)51-39)49-35-22-7-4-15-28(35)29-16-5-8-23-36(29)49/h1-13,15-27H,14H2. The van der Waals surface area contributed by atoms with Gasteiger partial charge in [0.25, 0.3) is 0 Å². The van der Waals surface area contributed by atoms with E-state index >= 15 is 0 Å². The predicted molar refractivity (Wildman–Crippen MR) is 205 cm³/mol. The van der Waals surface area contributed by atoms with Gasteiger partial charge in [-0.25, -0.2) is 15.0 Å². The number of para-hydroxylation sites is 5. The molecule has 10 aromatic rings. The molecule has 11 rings (SSSR count). The maximum Gasteiger partial charge on any atom is 0.167 e. The Kier molecular flexibility index (Phi) is 5.98. The summed E-state index contributed by atoms with van der Waals surface area (Å²) in [6.07, 6.45) is 9.28. The summed E-state index contributed by atoms with van der Waals surface area (Å²) in [6, 6.07) is 43.9. The minimum absolute atomic E-state index is 0.0209. The van der Waals surface area contributed by atoms with Crippen molar-refractivity contribution in [3.63, 3.8) is 0 Å². The van der Waals surface area contributed by atoms with Crippen LogP contribution >= 0.6 is 0 Å². The van der Waals surface area contributed by atoms with Gasteiger partial charge in [-0.2, -0.15) is 0 Å². The topological polar surface area (TPSA) is 69.9 Å². The predicted octanol–water partition coefficient (Wildman–Crippen LogP) is 11.7. The molecule has 0 N–H and O–H groups in total. The Morgan fingerprint density at radius 2 is 1.14 bits per heavy atom. The van der Waals surface area contributed by atoms with E-state index in [1.54, 1.807) is 0 Å². The molecule has 1 atom stereocenters. The quantitative estimate of drug-likeness (QED) is 0.189. The van der Waals surface area contributed by atoms with Crippen LogP contribution in [-0.2, 0) is 0 Å². The van der Waals surface area contributed by atoms with Gasteiger partial charge in [-0.1, -0.05) is 115 Å². The number of fused-ring (bicyclic) bond motifs is 9. The Bertz CT molecular complexity index is 3030. The SMILES string of the molecule is C1=CCC(c2nc(-c3cccc4c3oc3ccccc34)nc(-c3cccc4oc5c(-n6c7ccccc7c7ccccc76)cccc5c34)n2)C=C1. The van der Waals surface area contributed by atoms with Crippen LogP contribution in [0.15, 0.2) is 161 Å². The van der Waals surface area contributed by atoms with Crippen LogP contribution in [0.2, 0.25) is 0 Å². The van der Waals surface area contributed by atoms with Crippen molar-refractivity contribution >= 4 is 65.7 Å². The summed E-state index contributed by atoms with van der Waals surface area (Å²) in [5.41, 5.74) is 8.17. The van der Waals surface area contributed by atoms with Gasteiger partial charge in [0.2, 0.25) is 0 Å². The second kappa shape index (κ2) is 10.9. The van der Waals surface area contributed by atoms with E-state index in [1.165, 1.54) is 10.8 Å². The molecule has 4 heterocycles. The molecule has 0 bridgehead atoms. The minimum Gasteiger partial charge on any atom is -0.455 e. The molecule has 1 unspecified atom stereocenters. The Morgan fingerprint density at radius 1 is 0.510 bits per heavy atom. The monoisotopic (exact) mass is 656 g/mol. The molecule has 6 aromatic carbocycles. The van der Waals surface area contributed by atoms with Crippen molar-refractivity contribution in [1.29, 1.82) is 0 Å². The third-order valence-corrected chi connectivity index (χ3v) is 10.2. The fourth-order valence-electron chi connectivity index (χ4n) is 7.87. The third kappa shape index (κ3) is 4.20. The van der Waals surface area contributed by atoms with E-state index in [2.05, 4.69) is 114 Å². The average Bonchev–Trinajstić information content (AvgIpc) is 3.88. The zero-order chi connectivity index (χ0) is 33.5. The van der Waals surface area contributed by atoms with Crippen molar-refractivity contribution in [3.05, 3.63) is 158 Å². The molecule has 240 valence electrons. The van der Waals surface area contributed by atoms with E-state index in [1.807, 2.05) is 42.5 Å². The molecule has 0 saturated carbocycles. The van der Waals surface area contributed by atoms with Gasteiger partial charge < -0.3 is 13.4 Å². The van der Waals surface area contributed by atoms with Crippen molar-refractivity contribution in [2.45, 2.75) is 12.3 Å². The first-order chi connectivity index (χ1) is 25.3. The van der Waals surface area contributed by atoms with E-state index in [0.29, 0.717) is 11.6 Å². The Hall–Kier alpha value is -6.79. The Labute approximate surface area is 291 Å². The summed E-state index contributed by atoms with van der Waals surface area (Å²) in [5.74, 6) is 1.92. The molecule has 0 radical (unpaired) electrons. The molecular weight excluding hydrogens is 629 g/mol. The molecule has 4 aromatic heterocycles. The largest absolute Gasteiger partial charge is 0.455 e. The smallest absolute Gasteiger partial charge is 0.167 e. The summed E-state index contributed by atoms with van der Waals surface area (Å²) in [6.45, 7) is 0. The first-order valence-electron chi connectivity index (χ1n) is 17.2. The van der Waals surface area contributed by atoms with E-state index < -0.39 is 0 Å². The van der Waals surface area contributed by atoms with Crippen LogP contribution in [0.4, 0.5) is 0 Å². The number of allylic oxidation sites excluding steroid dienone is 4. The van der Waals surface area contributed by atoms with E-state index in [-0.39, 0.29) is 5.92 Å². The second-order valence-corrected chi connectivity index (χ2v) is 13.1. The zero-order valence-electron chi connectivity index (χ0n) is 27.3. The number of rotatable bonds is 4. The van der Waals surface area contributed by atoms with Crippen molar-refractivity contribution in [3.8, 4) is 28.5 Å². The number of benzene rings is 6. The lowest BCUT2D eigenvalue weighted by molar-refractivity contribution is 0.666. The summed E-state index contributed by atoms with van der Waals surface area (Å²) in [7, 11) is 0. The number of hydrogen-bond donors (Lipinski definition) is 0. The van der Waals surface area contributed by atoms with Crippen LogP contribution in [0.5, 0.6) is 0 Å². The summed E-state index contributed by atoms with van der Waals surface area (Å²) < 4.78 is 15.6. The van der Waals surface area contributed by atoms with Gasteiger partial charge >= 0.3 is 0 Å². The summed E-state index contributed by atoms with van der Waals surface area (Å²) in [4.78, 5) is 15.5. The molecular formula is C45H28N4O2. The van der Waals surface area contributed by atoms with E-state index in [4.69, 9.17) is 23.8 Å². The van der Waals surface area contributed by atoms with Crippen LogP contribution in [-0.4, -0.2) is 19.5 Å². The number of hydrogen-bond acceptors (Lipinski definition) is 5. The molecule has 0 saturated heterocycles. The highest BCUT2D eigenvalue weighted by atomic mass is 16.3. The number of furan rings is 2. The van der Waals surface area contributed by atoms with Crippen LogP contribution in [0.25, 0.3) is 94.1 Å². The fourth-order valence-corrected chi connectivity index (χ4v) is 7.87. The Morgan fingerprint density at radius 3 is 1.94 bits per heavy atom. The van der Waals surface area contributed by atoms with Gasteiger partial charge in [-0.15, -0.1) is 0 Å². The van der Waals surface area contributed by atoms with Crippen LogP contribution < -0.4 is 0 Å². The first kappa shape index (κ1) is 28.1. The second-order valence-electron chi connectivity index (χ2n) is 13.1. The zero-order valence-corrected chi connectivity index (χ0v) is 27.3. The fraction of sp³-hybridized carbons (Fsp3) is 0.0444. The molecule has 0 fully saturated rings. The molecule has 0 aliphatic heterocycles. The molecule has 51 heavy (non-hydrogen) atoms. The highest BCUT2D eigenvalue weighted by molar-refractivity contribution is 6.16. The lowest BCUT2D eigenvalue weighted by atomic mass is 9.99.